The van der Waals surface area contributed by atoms with Crippen LogP contribution in [0.4, 0.5) is 4.79 Å². The third-order valence-corrected chi connectivity index (χ3v) is 1.98. The molecule has 0 spiro atoms. The monoisotopic (exact) mass is 218 g/mol. The standard InChI is InChI=1S/C9H18N2O4/c1-4-7(2)5-11(3)9(14)10-15-6-8(12)13/h7H,4-6H2,1-3H3,(H,10,14)(H,12,13). The molecule has 2 N–H and O–H groups in total. The number of carboxylic acids is 1. The van der Waals surface area contributed by atoms with E-state index in [0.717, 1.165) is 6.42 Å². The normalized spacial score (nSPS) is 11.9. The second kappa shape index (κ2) is 7.05. The first-order valence-electron chi connectivity index (χ1n) is 4.82. The summed E-state index contributed by atoms with van der Waals surface area (Å²) in [5.74, 6) is -0.722. The molecule has 0 saturated heterocycles. The summed E-state index contributed by atoms with van der Waals surface area (Å²) in [6.07, 6.45) is 0.980. The maximum absolute atomic E-state index is 11.3. The summed E-state index contributed by atoms with van der Waals surface area (Å²) in [6.45, 7) is 4.14. The van der Waals surface area contributed by atoms with Gasteiger partial charge in [0, 0.05) is 13.6 Å². The first-order valence-corrected chi connectivity index (χ1v) is 4.82. The van der Waals surface area contributed by atoms with Crippen molar-refractivity contribution in [2.75, 3.05) is 20.2 Å². The van der Waals surface area contributed by atoms with E-state index in [4.69, 9.17) is 5.11 Å². The minimum Gasteiger partial charge on any atom is -0.479 e. The van der Waals surface area contributed by atoms with Gasteiger partial charge in [0.1, 0.15) is 0 Å². The van der Waals surface area contributed by atoms with E-state index >= 15 is 0 Å². The Morgan fingerprint density at radius 2 is 2.13 bits per heavy atom. The van der Waals surface area contributed by atoms with Crippen LogP contribution in [0.2, 0.25) is 0 Å². The Labute approximate surface area is 89.2 Å². The number of urea groups is 1. The van der Waals surface area contributed by atoms with Crippen molar-refractivity contribution in [2.45, 2.75) is 20.3 Å². The Morgan fingerprint density at radius 1 is 1.53 bits per heavy atom. The molecule has 6 heteroatoms. The number of hydrogen-bond donors (Lipinski definition) is 2. The van der Waals surface area contributed by atoms with Crippen LogP contribution in [0.1, 0.15) is 20.3 Å². The minimum atomic E-state index is -1.13. The first-order chi connectivity index (χ1) is 6.97. The Kier molecular flexibility index (Phi) is 6.44. The number of amides is 2. The molecule has 0 rings (SSSR count). The van der Waals surface area contributed by atoms with Crippen molar-refractivity contribution in [1.29, 1.82) is 0 Å². The molecule has 0 bridgehead atoms. The van der Waals surface area contributed by atoms with Crippen LogP contribution in [-0.2, 0) is 9.63 Å². The summed E-state index contributed by atoms with van der Waals surface area (Å²) in [6, 6.07) is -0.434. The summed E-state index contributed by atoms with van der Waals surface area (Å²) in [5, 5.41) is 8.26. The lowest BCUT2D eigenvalue weighted by Gasteiger charge is -2.20. The SMILES string of the molecule is CCC(C)CN(C)C(=O)NOCC(=O)O. The number of carboxylic acid groups (broad SMARTS) is 1. The van der Waals surface area contributed by atoms with Crippen LogP contribution in [0.15, 0.2) is 0 Å². The predicted molar refractivity (Wildman–Crippen MR) is 54.2 cm³/mol. The third kappa shape index (κ3) is 6.73. The van der Waals surface area contributed by atoms with E-state index in [0.29, 0.717) is 12.5 Å². The van der Waals surface area contributed by atoms with Crippen molar-refractivity contribution in [3.63, 3.8) is 0 Å². The smallest absolute Gasteiger partial charge is 0.341 e. The van der Waals surface area contributed by atoms with E-state index in [1.54, 1.807) is 7.05 Å². The lowest BCUT2D eigenvalue weighted by molar-refractivity contribution is -0.144. The lowest BCUT2D eigenvalue weighted by Crippen LogP contribution is -2.40. The molecule has 0 aromatic rings. The molecular weight excluding hydrogens is 200 g/mol. The summed E-state index contributed by atoms with van der Waals surface area (Å²) in [4.78, 5) is 27.3. The Morgan fingerprint density at radius 3 is 2.60 bits per heavy atom. The Hall–Kier alpha value is -1.30. The third-order valence-electron chi connectivity index (χ3n) is 1.98. The van der Waals surface area contributed by atoms with Gasteiger partial charge < -0.3 is 10.0 Å². The molecule has 0 aromatic carbocycles. The van der Waals surface area contributed by atoms with Gasteiger partial charge in [0.05, 0.1) is 0 Å². The Balaban J connectivity index is 3.74. The maximum Gasteiger partial charge on any atom is 0.341 e. The van der Waals surface area contributed by atoms with Gasteiger partial charge in [-0.2, -0.15) is 0 Å². The molecule has 1 atom stereocenters. The van der Waals surface area contributed by atoms with Crippen LogP contribution in [0.3, 0.4) is 0 Å². The highest BCUT2D eigenvalue weighted by atomic mass is 16.7. The molecule has 88 valence electrons. The molecule has 0 radical (unpaired) electrons. The van der Waals surface area contributed by atoms with Gasteiger partial charge in [0.15, 0.2) is 6.61 Å². The van der Waals surface area contributed by atoms with E-state index in [9.17, 15) is 9.59 Å². The molecule has 0 fully saturated rings. The van der Waals surface area contributed by atoms with Crippen LogP contribution < -0.4 is 5.48 Å². The largest absolute Gasteiger partial charge is 0.479 e. The zero-order valence-electron chi connectivity index (χ0n) is 9.32. The number of hydroxylamine groups is 1. The van der Waals surface area contributed by atoms with Crippen molar-refractivity contribution in [1.82, 2.24) is 10.4 Å². The van der Waals surface area contributed by atoms with E-state index in [2.05, 4.69) is 4.84 Å². The summed E-state index contributed by atoms with van der Waals surface area (Å²) < 4.78 is 0. The van der Waals surface area contributed by atoms with Crippen LogP contribution in [-0.4, -0.2) is 42.2 Å². The van der Waals surface area contributed by atoms with Gasteiger partial charge in [-0.25, -0.2) is 15.1 Å². The Bertz CT molecular complexity index is 220. The minimum absolute atomic E-state index is 0.403. The van der Waals surface area contributed by atoms with Gasteiger partial charge in [-0.3, -0.25) is 4.84 Å². The topological polar surface area (TPSA) is 78.9 Å². The fourth-order valence-electron chi connectivity index (χ4n) is 0.917. The molecule has 0 saturated carbocycles. The zero-order chi connectivity index (χ0) is 11.8. The lowest BCUT2D eigenvalue weighted by atomic mass is 10.1. The number of aliphatic carboxylic acids is 1. The van der Waals surface area contributed by atoms with E-state index < -0.39 is 18.6 Å². The molecule has 2 amide bonds. The van der Waals surface area contributed by atoms with Gasteiger partial charge in [-0.15, -0.1) is 0 Å². The zero-order valence-corrected chi connectivity index (χ0v) is 9.32. The van der Waals surface area contributed by atoms with Crippen LogP contribution >= 0.6 is 0 Å². The van der Waals surface area contributed by atoms with Gasteiger partial charge in [0.2, 0.25) is 0 Å². The molecule has 6 nitrogen and oxygen atoms in total. The number of carbonyl (C=O) groups excluding carboxylic acids is 1. The van der Waals surface area contributed by atoms with Crippen molar-refractivity contribution in [2.24, 2.45) is 5.92 Å². The van der Waals surface area contributed by atoms with Gasteiger partial charge in [-0.1, -0.05) is 20.3 Å². The second-order valence-corrected chi connectivity index (χ2v) is 3.48. The van der Waals surface area contributed by atoms with E-state index in [-0.39, 0.29) is 0 Å². The molecule has 0 aliphatic carbocycles. The summed E-state index contributed by atoms with van der Waals surface area (Å²) >= 11 is 0. The average Bonchev–Trinajstić information content (AvgIpc) is 2.16. The highest BCUT2D eigenvalue weighted by Crippen LogP contribution is 2.02. The average molecular weight is 218 g/mol. The quantitative estimate of drug-likeness (QED) is 0.643. The van der Waals surface area contributed by atoms with Gasteiger partial charge in [0.25, 0.3) is 0 Å². The van der Waals surface area contributed by atoms with E-state index in [1.165, 1.54) is 4.90 Å². The number of carbonyl (C=O) groups is 2. The predicted octanol–water partition coefficient (Wildman–Crippen LogP) is 0.690. The van der Waals surface area contributed by atoms with Crippen LogP contribution in [0.25, 0.3) is 0 Å². The van der Waals surface area contributed by atoms with Crippen molar-refractivity contribution < 1.29 is 19.5 Å². The number of nitrogens with one attached hydrogen (secondary N) is 1. The molecule has 1 unspecified atom stereocenters. The van der Waals surface area contributed by atoms with Crippen LogP contribution in [0, 0.1) is 5.92 Å². The molecule has 0 heterocycles. The highest BCUT2D eigenvalue weighted by molar-refractivity contribution is 5.73. The molecule has 15 heavy (non-hydrogen) atoms. The number of hydrogen-bond acceptors (Lipinski definition) is 3. The van der Waals surface area contributed by atoms with Crippen molar-refractivity contribution in [3.05, 3.63) is 0 Å². The van der Waals surface area contributed by atoms with Crippen molar-refractivity contribution in [3.8, 4) is 0 Å². The summed E-state index contributed by atoms with van der Waals surface area (Å²) in [5.41, 5.74) is 2.05. The van der Waals surface area contributed by atoms with Gasteiger partial charge >= 0.3 is 12.0 Å². The fourth-order valence-corrected chi connectivity index (χ4v) is 0.917. The summed E-state index contributed by atoms with van der Waals surface area (Å²) in [7, 11) is 1.63. The van der Waals surface area contributed by atoms with Crippen LogP contribution in [0.5, 0.6) is 0 Å². The number of nitrogens with zero attached hydrogens (tertiary/aromatic N) is 1. The second-order valence-electron chi connectivity index (χ2n) is 3.48. The number of rotatable bonds is 6. The van der Waals surface area contributed by atoms with Crippen molar-refractivity contribution >= 4 is 12.0 Å². The maximum atomic E-state index is 11.3. The first kappa shape index (κ1) is 13.7. The van der Waals surface area contributed by atoms with E-state index in [1.807, 2.05) is 19.3 Å². The van der Waals surface area contributed by atoms with Gasteiger partial charge in [-0.05, 0) is 5.92 Å². The molecule has 0 aromatic heterocycles. The highest BCUT2D eigenvalue weighted by Gasteiger charge is 2.11. The molecule has 0 aliphatic heterocycles. The molecular formula is C9H18N2O4. The fraction of sp³-hybridized carbons (Fsp3) is 0.778. The molecule has 0 aliphatic rings.